The number of anilines is 1. The number of hydrogen-bond acceptors (Lipinski definition) is 2. The molecule has 122 valence electrons. The average Bonchev–Trinajstić information content (AvgIpc) is 2.50. The lowest BCUT2D eigenvalue weighted by molar-refractivity contribution is -0.117. The molecule has 0 bridgehead atoms. The molecule has 2 rings (SSSR count). The zero-order valence-electron chi connectivity index (χ0n) is 14.1. The summed E-state index contributed by atoms with van der Waals surface area (Å²) in [6, 6.07) is 13.8. The summed E-state index contributed by atoms with van der Waals surface area (Å²) in [5.41, 5.74) is 4.14. The number of carbonyl (C=O) groups is 1. The molecule has 0 heterocycles. The van der Waals surface area contributed by atoms with Crippen LogP contribution in [-0.2, 0) is 4.79 Å². The van der Waals surface area contributed by atoms with Crippen LogP contribution in [0.2, 0.25) is 5.02 Å². The van der Waals surface area contributed by atoms with Gasteiger partial charge in [-0.2, -0.15) is 0 Å². The van der Waals surface area contributed by atoms with E-state index in [0.717, 1.165) is 21.8 Å². The zero-order valence-corrected chi connectivity index (χ0v) is 14.8. The van der Waals surface area contributed by atoms with Crippen molar-refractivity contribution in [1.82, 2.24) is 4.90 Å². The van der Waals surface area contributed by atoms with Crippen LogP contribution >= 0.6 is 11.6 Å². The summed E-state index contributed by atoms with van der Waals surface area (Å²) >= 11 is 6.24. The Bertz CT molecular complexity index is 700. The van der Waals surface area contributed by atoms with E-state index in [1.165, 1.54) is 5.56 Å². The Kier molecular flexibility index (Phi) is 5.80. The van der Waals surface area contributed by atoms with Crippen molar-refractivity contribution in [2.45, 2.75) is 26.8 Å². The Morgan fingerprint density at radius 2 is 1.91 bits per heavy atom. The number of aryl methyl sites for hydroxylation is 2. The summed E-state index contributed by atoms with van der Waals surface area (Å²) in [6.07, 6.45) is 0. The third-order valence-corrected chi connectivity index (χ3v) is 4.41. The highest BCUT2D eigenvalue weighted by molar-refractivity contribution is 6.31. The van der Waals surface area contributed by atoms with Crippen LogP contribution in [0, 0.1) is 13.8 Å². The molecule has 0 saturated carbocycles. The number of halogens is 1. The Balaban J connectivity index is 2.00. The molecule has 3 nitrogen and oxygen atoms in total. The monoisotopic (exact) mass is 330 g/mol. The molecule has 0 fully saturated rings. The largest absolute Gasteiger partial charge is 0.325 e. The van der Waals surface area contributed by atoms with Gasteiger partial charge in [-0.15, -0.1) is 0 Å². The van der Waals surface area contributed by atoms with Crippen LogP contribution in [0.1, 0.15) is 29.7 Å². The third-order valence-electron chi connectivity index (χ3n) is 4.07. The molecule has 1 amide bonds. The van der Waals surface area contributed by atoms with E-state index in [2.05, 4.69) is 11.4 Å². The number of hydrogen-bond donors (Lipinski definition) is 1. The standard InChI is InChI=1S/C19H23ClN2O/c1-13-9-10-18(14(2)11-13)21-19(23)12-22(4)15(3)16-7-5-6-8-17(16)20/h5-11,15H,12H2,1-4H3,(H,21,23). The van der Waals surface area contributed by atoms with Gasteiger partial charge in [0.25, 0.3) is 0 Å². The quantitative estimate of drug-likeness (QED) is 0.869. The van der Waals surface area contributed by atoms with Crippen molar-refractivity contribution in [1.29, 1.82) is 0 Å². The van der Waals surface area contributed by atoms with E-state index in [0.29, 0.717) is 6.54 Å². The Morgan fingerprint density at radius 3 is 2.57 bits per heavy atom. The maximum Gasteiger partial charge on any atom is 0.238 e. The van der Waals surface area contributed by atoms with E-state index in [9.17, 15) is 4.79 Å². The van der Waals surface area contributed by atoms with E-state index in [-0.39, 0.29) is 11.9 Å². The second kappa shape index (κ2) is 7.62. The second-order valence-electron chi connectivity index (χ2n) is 5.98. The molecule has 2 aromatic rings. The molecule has 1 atom stereocenters. The molecule has 0 aliphatic rings. The van der Waals surface area contributed by atoms with Crippen LogP contribution < -0.4 is 5.32 Å². The van der Waals surface area contributed by atoms with Gasteiger partial charge in [0.15, 0.2) is 0 Å². The summed E-state index contributed by atoms with van der Waals surface area (Å²) in [4.78, 5) is 14.3. The van der Waals surface area contributed by atoms with Crippen molar-refractivity contribution in [2.24, 2.45) is 0 Å². The Hall–Kier alpha value is -1.84. The van der Waals surface area contributed by atoms with E-state index in [4.69, 9.17) is 11.6 Å². The molecular weight excluding hydrogens is 308 g/mol. The maximum atomic E-state index is 12.3. The lowest BCUT2D eigenvalue weighted by Gasteiger charge is -2.25. The summed E-state index contributed by atoms with van der Waals surface area (Å²) in [6.45, 7) is 6.39. The first-order valence-electron chi connectivity index (χ1n) is 7.70. The predicted octanol–water partition coefficient (Wildman–Crippen LogP) is 4.59. The fourth-order valence-electron chi connectivity index (χ4n) is 2.56. The Morgan fingerprint density at radius 1 is 1.22 bits per heavy atom. The van der Waals surface area contributed by atoms with Gasteiger partial charge < -0.3 is 5.32 Å². The summed E-state index contributed by atoms with van der Waals surface area (Å²) in [5.74, 6) is -0.0293. The fourth-order valence-corrected chi connectivity index (χ4v) is 2.85. The maximum absolute atomic E-state index is 12.3. The van der Waals surface area contributed by atoms with Gasteiger partial charge in [-0.3, -0.25) is 9.69 Å². The predicted molar refractivity (Wildman–Crippen MR) is 97.0 cm³/mol. The van der Waals surface area contributed by atoms with Crippen molar-refractivity contribution in [2.75, 3.05) is 18.9 Å². The molecule has 0 saturated heterocycles. The number of rotatable bonds is 5. The average molecular weight is 331 g/mol. The normalized spacial score (nSPS) is 12.3. The molecule has 0 radical (unpaired) electrons. The number of carbonyl (C=O) groups excluding carboxylic acids is 1. The van der Waals surface area contributed by atoms with E-state index >= 15 is 0 Å². The third kappa shape index (κ3) is 4.57. The molecule has 2 aromatic carbocycles. The van der Waals surface area contributed by atoms with E-state index in [1.54, 1.807) is 0 Å². The molecule has 4 heteroatoms. The van der Waals surface area contributed by atoms with Crippen LogP contribution in [0.25, 0.3) is 0 Å². The number of likely N-dealkylation sites (N-methyl/N-ethyl adjacent to an activating group) is 1. The van der Waals surface area contributed by atoms with Crippen molar-refractivity contribution in [3.05, 3.63) is 64.2 Å². The highest BCUT2D eigenvalue weighted by atomic mass is 35.5. The van der Waals surface area contributed by atoms with Crippen LogP contribution in [-0.4, -0.2) is 24.4 Å². The van der Waals surface area contributed by atoms with Crippen molar-refractivity contribution >= 4 is 23.2 Å². The van der Waals surface area contributed by atoms with Crippen LogP contribution in [0.5, 0.6) is 0 Å². The van der Waals surface area contributed by atoms with Crippen molar-refractivity contribution in [3.63, 3.8) is 0 Å². The van der Waals surface area contributed by atoms with Crippen LogP contribution in [0.15, 0.2) is 42.5 Å². The molecule has 0 spiro atoms. The molecule has 0 aromatic heterocycles. The first-order chi connectivity index (χ1) is 10.9. The minimum absolute atomic E-state index is 0.0293. The van der Waals surface area contributed by atoms with Crippen LogP contribution in [0.4, 0.5) is 5.69 Å². The van der Waals surface area contributed by atoms with Gasteiger partial charge in [0, 0.05) is 16.8 Å². The first-order valence-corrected chi connectivity index (χ1v) is 8.08. The second-order valence-corrected chi connectivity index (χ2v) is 6.39. The molecule has 1 unspecified atom stereocenters. The number of benzene rings is 2. The van der Waals surface area contributed by atoms with Gasteiger partial charge in [0.1, 0.15) is 0 Å². The summed E-state index contributed by atoms with van der Waals surface area (Å²) in [5, 5.41) is 3.70. The number of amides is 1. The van der Waals surface area contributed by atoms with Gasteiger partial charge in [0.2, 0.25) is 5.91 Å². The lowest BCUT2D eigenvalue weighted by Crippen LogP contribution is -2.32. The summed E-state index contributed by atoms with van der Waals surface area (Å²) < 4.78 is 0. The molecular formula is C19H23ClN2O. The molecule has 0 aliphatic heterocycles. The molecule has 1 N–H and O–H groups in total. The Labute approximate surface area is 143 Å². The topological polar surface area (TPSA) is 32.3 Å². The van der Waals surface area contributed by atoms with Gasteiger partial charge in [-0.1, -0.05) is 47.5 Å². The fraction of sp³-hybridized carbons (Fsp3) is 0.316. The SMILES string of the molecule is Cc1ccc(NC(=O)CN(C)C(C)c2ccccc2Cl)c(C)c1. The summed E-state index contributed by atoms with van der Waals surface area (Å²) in [7, 11) is 1.93. The lowest BCUT2D eigenvalue weighted by atomic mass is 10.1. The van der Waals surface area contributed by atoms with Gasteiger partial charge in [0.05, 0.1) is 6.54 Å². The van der Waals surface area contributed by atoms with Crippen LogP contribution in [0.3, 0.4) is 0 Å². The smallest absolute Gasteiger partial charge is 0.238 e. The van der Waals surface area contributed by atoms with Gasteiger partial charge in [-0.25, -0.2) is 0 Å². The highest BCUT2D eigenvalue weighted by Crippen LogP contribution is 2.26. The van der Waals surface area contributed by atoms with Crippen molar-refractivity contribution in [3.8, 4) is 0 Å². The van der Waals surface area contributed by atoms with Gasteiger partial charge >= 0.3 is 0 Å². The molecule has 0 aliphatic carbocycles. The van der Waals surface area contributed by atoms with Gasteiger partial charge in [-0.05, 0) is 51.1 Å². The minimum Gasteiger partial charge on any atom is -0.325 e. The van der Waals surface area contributed by atoms with E-state index < -0.39 is 0 Å². The number of nitrogens with zero attached hydrogens (tertiary/aromatic N) is 1. The van der Waals surface area contributed by atoms with E-state index in [1.807, 2.05) is 69.1 Å². The molecule has 23 heavy (non-hydrogen) atoms. The highest BCUT2D eigenvalue weighted by Gasteiger charge is 2.17. The number of nitrogens with one attached hydrogen (secondary N) is 1. The minimum atomic E-state index is -0.0293. The van der Waals surface area contributed by atoms with Crippen molar-refractivity contribution < 1.29 is 4.79 Å². The zero-order chi connectivity index (χ0) is 17.0. The first kappa shape index (κ1) is 17.5.